The van der Waals surface area contributed by atoms with Crippen LogP contribution in [0.3, 0.4) is 0 Å². The predicted molar refractivity (Wildman–Crippen MR) is 64.8 cm³/mol. The maximum atomic E-state index is 11.8. The summed E-state index contributed by atoms with van der Waals surface area (Å²) in [7, 11) is 1.77. The third kappa shape index (κ3) is 2.69. The van der Waals surface area contributed by atoms with Crippen LogP contribution in [0.5, 0.6) is 0 Å². The standard InChI is InChI=1S/C12H14N4O/c1-3-9-4-11(7-13-5-9)15-12(17)10-6-14-16(2)8-10/h4-8H,3H2,1-2H3,(H,15,17). The average Bonchev–Trinajstić information content (AvgIpc) is 2.76. The summed E-state index contributed by atoms with van der Waals surface area (Å²) in [5.41, 5.74) is 2.33. The van der Waals surface area contributed by atoms with Gasteiger partial charge >= 0.3 is 0 Å². The van der Waals surface area contributed by atoms with Crippen molar-refractivity contribution in [1.82, 2.24) is 14.8 Å². The van der Waals surface area contributed by atoms with Gasteiger partial charge in [0, 0.05) is 19.4 Å². The highest BCUT2D eigenvalue weighted by atomic mass is 16.1. The van der Waals surface area contributed by atoms with Gasteiger partial charge in [-0.3, -0.25) is 14.5 Å². The van der Waals surface area contributed by atoms with Crippen LogP contribution in [0.25, 0.3) is 0 Å². The molecule has 5 heteroatoms. The van der Waals surface area contributed by atoms with Crippen molar-refractivity contribution in [2.45, 2.75) is 13.3 Å². The number of carbonyl (C=O) groups excluding carboxylic acids is 1. The third-order valence-corrected chi connectivity index (χ3v) is 2.43. The molecule has 2 rings (SSSR count). The zero-order chi connectivity index (χ0) is 12.3. The normalized spacial score (nSPS) is 10.2. The molecule has 0 aliphatic carbocycles. The molecule has 5 nitrogen and oxygen atoms in total. The summed E-state index contributed by atoms with van der Waals surface area (Å²) >= 11 is 0. The van der Waals surface area contributed by atoms with E-state index in [1.807, 2.05) is 13.0 Å². The van der Waals surface area contributed by atoms with Gasteiger partial charge in [-0.15, -0.1) is 0 Å². The molecule has 2 aromatic heterocycles. The molecule has 2 heterocycles. The summed E-state index contributed by atoms with van der Waals surface area (Å²) in [6, 6.07) is 1.92. The first-order valence-electron chi connectivity index (χ1n) is 5.43. The Morgan fingerprint density at radius 1 is 1.41 bits per heavy atom. The number of carbonyl (C=O) groups is 1. The maximum absolute atomic E-state index is 11.8. The average molecular weight is 230 g/mol. The molecule has 0 fully saturated rings. The number of nitrogens with zero attached hydrogens (tertiary/aromatic N) is 3. The Morgan fingerprint density at radius 2 is 2.24 bits per heavy atom. The van der Waals surface area contributed by atoms with Crippen molar-refractivity contribution in [3.63, 3.8) is 0 Å². The minimum atomic E-state index is -0.173. The number of rotatable bonds is 3. The Balaban J connectivity index is 2.12. The zero-order valence-corrected chi connectivity index (χ0v) is 9.84. The molecule has 2 aromatic rings. The van der Waals surface area contributed by atoms with E-state index in [0.717, 1.165) is 12.0 Å². The van der Waals surface area contributed by atoms with E-state index < -0.39 is 0 Å². The van der Waals surface area contributed by atoms with Gasteiger partial charge < -0.3 is 5.32 Å². The molecule has 0 radical (unpaired) electrons. The van der Waals surface area contributed by atoms with E-state index >= 15 is 0 Å². The van der Waals surface area contributed by atoms with E-state index in [1.165, 1.54) is 6.20 Å². The SMILES string of the molecule is CCc1cncc(NC(=O)c2cnn(C)c2)c1. The van der Waals surface area contributed by atoms with Crippen molar-refractivity contribution < 1.29 is 4.79 Å². The van der Waals surface area contributed by atoms with E-state index in [1.54, 1.807) is 30.3 Å². The molecule has 0 unspecified atom stereocenters. The molecular weight excluding hydrogens is 216 g/mol. The Labute approximate surface area is 99.5 Å². The van der Waals surface area contributed by atoms with Gasteiger partial charge in [-0.05, 0) is 18.1 Å². The molecule has 0 saturated carbocycles. The second-order valence-electron chi connectivity index (χ2n) is 3.79. The lowest BCUT2D eigenvalue weighted by molar-refractivity contribution is 0.102. The number of anilines is 1. The fraction of sp³-hybridized carbons (Fsp3) is 0.250. The van der Waals surface area contributed by atoms with Crippen molar-refractivity contribution in [3.05, 3.63) is 42.0 Å². The first-order chi connectivity index (χ1) is 8.19. The van der Waals surface area contributed by atoms with Gasteiger partial charge in [0.25, 0.3) is 5.91 Å². The Morgan fingerprint density at radius 3 is 2.88 bits per heavy atom. The van der Waals surface area contributed by atoms with E-state index in [2.05, 4.69) is 15.4 Å². The predicted octanol–water partition coefficient (Wildman–Crippen LogP) is 1.63. The molecule has 0 atom stereocenters. The fourth-order valence-corrected chi connectivity index (χ4v) is 1.49. The Bertz CT molecular complexity index is 533. The van der Waals surface area contributed by atoms with Gasteiger partial charge in [0.05, 0.1) is 23.6 Å². The highest BCUT2D eigenvalue weighted by Crippen LogP contribution is 2.10. The largest absolute Gasteiger partial charge is 0.320 e. The van der Waals surface area contributed by atoms with Gasteiger partial charge in [0.2, 0.25) is 0 Å². The summed E-state index contributed by atoms with van der Waals surface area (Å²) in [5, 5.41) is 6.74. The molecule has 0 aliphatic heterocycles. The number of pyridine rings is 1. The molecule has 88 valence electrons. The van der Waals surface area contributed by atoms with Crippen LogP contribution in [0.15, 0.2) is 30.9 Å². The van der Waals surface area contributed by atoms with Gasteiger partial charge in [0.15, 0.2) is 0 Å². The van der Waals surface area contributed by atoms with Crippen LogP contribution >= 0.6 is 0 Å². The number of nitrogens with one attached hydrogen (secondary N) is 1. The molecule has 0 bridgehead atoms. The van der Waals surface area contributed by atoms with E-state index in [-0.39, 0.29) is 5.91 Å². The first kappa shape index (κ1) is 11.3. The number of aryl methyl sites for hydroxylation is 2. The highest BCUT2D eigenvalue weighted by Gasteiger charge is 2.08. The second-order valence-corrected chi connectivity index (χ2v) is 3.79. The first-order valence-corrected chi connectivity index (χ1v) is 5.43. The van der Waals surface area contributed by atoms with E-state index in [9.17, 15) is 4.79 Å². The summed E-state index contributed by atoms with van der Waals surface area (Å²) in [6.07, 6.45) is 7.52. The minimum Gasteiger partial charge on any atom is -0.320 e. The quantitative estimate of drug-likeness (QED) is 0.871. The lowest BCUT2D eigenvalue weighted by Crippen LogP contribution is -2.11. The van der Waals surface area contributed by atoms with E-state index in [0.29, 0.717) is 11.3 Å². The van der Waals surface area contributed by atoms with E-state index in [4.69, 9.17) is 0 Å². The fourth-order valence-electron chi connectivity index (χ4n) is 1.49. The van der Waals surface area contributed by atoms with Crippen LogP contribution in [0.2, 0.25) is 0 Å². The highest BCUT2D eigenvalue weighted by molar-refractivity contribution is 6.03. The molecule has 0 aliphatic rings. The van der Waals surface area contributed by atoms with Crippen LogP contribution < -0.4 is 5.32 Å². The van der Waals surface area contributed by atoms with Crippen LogP contribution in [0, 0.1) is 0 Å². The van der Waals surface area contributed by atoms with Crippen LogP contribution in [0.4, 0.5) is 5.69 Å². The second kappa shape index (κ2) is 4.78. The van der Waals surface area contributed by atoms with Gasteiger partial charge in [-0.2, -0.15) is 5.10 Å². The molecular formula is C12H14N4O. The summed E-state index contributed by atoms with van der Waals surface area (Å²) in [4.78, 5) is 15.9. The van der Waals surface area contributed by atoms with Gasteiger partial charge in [0.1, 0.15) is 0 Å². The third-order valence-electron chi connectivity index (χ3n) is 2.43. The maximum Gasteiger partial charge on any atom is 0.258 e. The molecule has 1 N–H and O–H groups in total. The van der Waals surface area contributed by atoms with Crippen LogP contribution in [0.1, 0.15) is 22.8 Å². The summed E-state index contributed by atoms with van der Waals surface area (Å²) in [5.74, 6) is -0.173. The molecule has 0 spiro atoms. The van der Waals surface area contributed by atoms with Crippen LogP contribution in [-0.2, 0) is 13.5 Å². The molecule has 17 heavy (non-hydrogen) atoms. The van der Waals surface area contributed by atoms with Gasteiger partial charge in [-0.1, -0.05) is 6.92 Å². The topological polar surface area (TPSA) is 59.8 Å². The summed E-state index contributed by atoms with van der Waals surface area (Å²) < 4.78 is 1.59. The van der Waals surface area contributed by atoms with Crippen molar-refractivity contribution in [2.24, 2.45) is 7.05 Å². The van der Waals surface area contributed by atoms with Crippen molar-refractivity contribution in [2.75, 3.05) is 5.32 Å². The zero-order valence-electron chi connectivity index (χ0n) is 9.84. The number of aromatic nitrogens is 3. The molecule has 0 saturated heterocycles. The molecule has 1 amide bonds. The lowest BCUT2D eigenvalue weighted by Gasteiger charge is -2.04. The Hall–Kier alpha value is -2.17. The molecule has 0 aromatic carbocycles. The minimum absolute atomic E-state index is 0.173. The van der Waals surface area contributed by atoms with Gasteiger partial charge in [-0.25, -0.2) is 0 Å². The van der Waals surface area contributed by atoms with Crippen molar-refractivity contribution >= 4 is 11.6 Å². The van der Waals surface area contributed by atoms with Crippen molar-refractivity contribution in [1.29, 1.82) is 0 Å². The lowest BCUT2D eigenvalue weighted by atomic mass is 10.2. The smallest absolute Gasteiger partial charge is 0.258 e. The Kier molecular flexibility index (Phi) is 3.18. The van der Waals surface area contributed by atoms with Crippen molar-refractivity contribution in [3.8, 4) is 0 Å². The monoisotopic (exact) mass is 230 g/mol. The summed E-state index contributed by atoms with van der Waals surface area (Å²) in [6.45, 7) is 2.05. The van der Waals surface area contributed by atoms with Crippen LogP contribution in [-0.4, -0.2) is 20.7 Å². The number of amides is 1. The number of hydrogen-bond acceptors (Lipinski definition) is 3. The number of hydrogen-bond donors (Lipinski definition) is 1.